The number of halogens is 1. The van der Waals surface area contributed by atoms with Crippen LogP contribution in [0.5, 0.6) is 0 Å². The summed E-state index contributed by atoms with van der Waals surface area (Å²) in [6, 6.07) is 4.89. The number of aliphatic hydroxyl groups is 1. The van der Waals surface area contributed by atoms with Crippen LogP contribution in [0.2, 0.25) is 0 Å². The molecular weight excluding hydrogens is 265 g/mol. The maximum absolute atomic E-state index is 13.0. The number of carboxylic acids is 1. The van der Waals surface area contributed by atoms with Crippen LogP contribution < -0.4 is 0 Å². The Morgan fingerprint density at radius 3 is 2.40 bits per heavy atom. The lowest BCUT2D eigenvalue weighted by molar-refractivity contribution is 0.0691. The lowest BCUT2D eigenvalue weighted by Crippen LogP contribution is -2.20. The molecule has 0 aliphatic heterocycles. The van der Waals surface area contributed by atoms with Crippen molar-refractivity contribution in [1.29, 1.82) is 0 Å². The Kier molecular flexibility index (Phi) is 3.80. The molecule has 0 amide bonds. The minimum absolute atomic E-state index is 0.232. The van der Waals surface area contributed by atoms with E-state index in [0.717, 1.165) is 0 Å². The molecule has 6 nitrogen and oxygen atoms in total. The van der Waals surface area contributed by atoms with Gasteiger partial charge in [0.15, 0.2) is 5.69 Å². The number of carbonyl (C=O) groups is 1. The zero-order valence-electron chi connectivity index (χ0n) is 11.0. The van der Waals surface area contributed by atoms with E-state index >= 15 is 0 Å². The maximum atomic E-state index is 13.0. The molecule has 1 aromatic heterocycles. The van der Waals surface area contributed by atoms with Gasteiger partial charge in [-0.25, -0.2) is 13.9 Å². The molecule has 0 saturated heterocycles. The van der Waals surface area contributed by atoms with Crippen LogP contribution in [0.3, 0.4) is 0 Å². The average Bonchev–Trinajstić information content (AvgIpc) is 2.83. The molecule has 1 heterocycles. The molecule has 20 heavy (non-hydrogen) atoms. The molecule has 0 fully saturated rings. The zero-order valence-corrected chi connectivity index (χ0v) is 11.0. The van der Waals surface area contributed by atoms with E-state index in [1.165, 1.54) is 28.9 Å². The SMILES string of the molecule is CC(O)C(C)n1nnc(C(=O)O)c1-c1ccc(F)cc1. The van der Waals surface area contributed by atoms with Crippen LogP contribution in [0.1, 0.15) is 30.4 Å². The van der Waals surface area contributed by atoms with Gasteiger partial charge < -0.3 is 10.2 Å². The second-order valence-electron chi connectivity index (χ2n) is 4.52. The minimum Gasteiger partial charge on any atom is -0.476 e. The third kappa shape index (κ3) is 2.53. The number of carboxylic acid groups (broad SMARTS) is 1. The summed E-state index contributed by atoms with van der Waals surface area (Å²) < 4.78 is 14.3. The lowest BCUT2D eigenvalue weighted by atomic mass is 10.1. The molecule has 0 aliphatic carbocycles. The highest BCUT2D eigenvalue weighted by Crippen LogP contribution is 2.26. The van der Waals surface area contributed by atoms with E-state index in [2.05, 4.69) is 10.3 Å². The van der Waals surface area contributed by atoms with Gasteiger partial charge in [0.25, 0.3) is 0 Å². The Hall–Kier alpha value is -2.28. The van der Waals surface area contributed by atoms with Gasteiger partial charge in [-0.3, -0.25) is 0 Å². The van der Waals surface area contributed by atoms with Crippen molar-refractivity contribution < 1.29 is 19.4 Å². The Balaban J connectivity index is 2.61. The number of aromatic nitrogens is 3. The molecule has 2 N–H and O–H groups in total. The van der Waals surface area contributed by atoms with Crippen LogP contribution >= 0.6 is 0 Å². The monoisotopic (exact) mass is 279 g/mol. The van der Waals surface area contributed by atoms with Crippen LogP contribution in [0.15, 0.2) is 24.3 Å². The number of nitrogens with zero attached hydrogens (tertiary/aromatic N) is 3. The Bertz CT molecular complexity index is 622. The molecule has 106 valence electrons. The highest BCUT2D eigenvalue weighted by molar-refractivity contribution is 5.92. The Morgan fingerprint density at radius 2 is 1.90 bits per heavy atom. The minimum atomic E-state index is -1.23. The van der Waals surface area contributed by atoms with Gasteiger partial charge in [0.2, 0.25) is 0 Å². The van der Waals surface area contributed by atoms with Gasteiger partial charge in [0.1, 0.15) is 11.5 Å². The van der Waals surface area contributed by atoms with Crippen LogP contribution in [0.25, 0.3) is 11.3 Å². The summed E-state index contributed by atoms with van der Waals surface area (Å²) in [7, 11) is 0. The average molecular weight is 279 g/mol. The largest absolute Gasteiger partial charge is 0.476 e. The molecule has 2 unspecified atom stereocenters. The second-order valence-corrected chi connectivity index (χ2v) is 4.52. The van der Waals surface area contributed by atoms with E-state index in [9.17, 15) is 14.3 Å². The molecule has 2 aromatic rings. The maximum Gasteiger partial charge on any atom is 0.358 e. The molecule has 2 rings (SSSR count). The molecule has 0 saturated carbocycles. The van der Waals surface area contributed by atoms with Crippen molar-refractivity contribution in [2.24, 2.45) is 0 Å². The molecule has 0 spiro atoms. The van der Waals surface area contributed by atoms with Crippen molar-refractivity contribution >= 4 is 5.97 Å². The summed E-state index contributed by atoms with van der Waals surface area (Å²) in [5.74, 6) is -1.65. The number of hydrogen-bond acceptors (Lipinski definition) is 4. The highest BCUT2D eigenvalue weighted by atomic mass is 19.1. The van der Waals surface area contributed by atoms with E-state index in [1.54, 1.807) is 13.8 Å². The number of aromatic carboxylic acids is 1. The topological polar surface area (TPSA) is 88.2 Å². The summed E-state index contributed by atoms with van der Waals surface area (Å²) in [4.78, 5) is 11.2. The molecule has 0 bridgehead atoms. The van der Waals surface area contributed by atoms with Gasteiger partial charge in [0, 0.05) is 5.56 Å². The van der Waals surface area contributed by atoms with E-state index in [1.807, 2.05) is 0 Å². The fraction of sp³-hybridized carbons (Fsp3) is 0.308. The molecule has 0 aliphatic rings. The van der Waals surface area contributed by atoms with Crippen LogP contribution in [-0.4, -0.2) is 37.3 Å². The van der Waals surface area contributed by atoms with E-state index in [0.29, 0.717) is 5.56 Å². The first-order valence-electron chi connectivity index (χ1n) is 6.04. The number of benzene rings is 1. The first-order chi connectivity index (χ1) is 9.41. The summed E-state index contributed by atoms with van der Waals surface area (Å²) in [6.07, 6.45) is -0.738. The van der Waals surface area contributed by atoms with E-state index in [-0.39, 0.29) is 11.4 Å². The van der Waals surface area contributed by atoms with E-state index < -0.39 is 23.9 Å². The fourth-order valence-electron chi connectivity index (χ4n) is 1.80. The molecule has 2 atom stereocenters. The quantitative estimate of drug-likeness (QED) is 0.889. The third-order valence-corrected chi connectivity index (χ3v) is 3.10. The smallest absolute Gasteiger partial charge is 0.358 e. The Morgan fingerprint density at radius 1 is 1.30 bits per heavy atom. The van der Waals surface area contributed by atoms with Crippen molar-refractivity contribution in [3.05, 3.63) is 35.8 Å². The van der Waals surface area contributed by atoms with Crippen molar-refractivity contribution in [2.45, 2.75) is 26.0 Å². The van der Waals surface area contributed by atoms with Crippen molar-refractivity contribution in [1.82, 2.24) is 15.0 Å². The van der Waals surface area contributed by atoms with Gasteiger partial charge in [-0.1, -0.05) is 5.21 Å². The standard InChI is InChI=1S/C13H14FN3O3/c1-7(8(2)18)17-12(11(13(19)20)15-16-17)9-3-5-10(14)6-4-9/h3-8,18H,1-2H3,(H,19,20). The fourth-order valence-corrected chi connectivity index (χ4v) is 1.80. The molecule has 7 heteroatoms. The summed E-state index contributed by atoms with van der Waals surface area (Å²) in [5, 5.41) is 26.2. The zero-order chi connectivity index (χ0) is 14.9. The van der Waals surface area contributed by atoms with Crippen LogP contribution in [0.4, 0.5) is 4.39 Å². The van der Waals surface area contributed by atoms with Crippen LogP contribution in [-0.2, 0) is 0 Å². The van der Waals surface area contributed by atoms with Crippen molar-refractivity contribution in [3.63, 3.8) is 0 Å². The lowest BCUT2D eigenvalue weighted by Gasteiger charge is -2.17. The Labute approximate surface area is 114 Å². The van der Waals surface area contributed by atoms with Gasteiger partial charge in [-0.2, -0.15) is 0 Å². The van der Waals surface area contributed by atoms with Gasteiger partial charge >= 0.3 is 5.97 Å². The van der Waals surface area contributed by atoms with Crippen molar-refractivity contribution in [2.75, 3.05) is 0 Å². The summed E-state index contributed by atoms with van der Waals surface area (Å²) >= 11 is 0. The predicted octanol–water partition coefficient (Wildman–Crippen LogP) is 1.72. The van der Waals surface area contributed by atoms with E-state index in [4.69, 9.17) is 5.11 Å². The number of hydrogen-bond donors (Lipinski definition) is 2. The second kappa shape index (κ2) is 5.38. The van der Waals surface area contributed by atoms with Gasteiger partial charge in [-0.15, -0.1) is 5.10 Å². The first kappa shape index (κ1) is 14.1. The number of rotatable bonds is 4. The van der Waals surface area contributed by atoms with Gasteiger partial charge in [0.05, 0.1) is 12.1 Å². The number of aliphatic hydroxyl groups excluding tert-OH is 1. The third-order valence-electron chi connectivity index (χ3n) is 3.10. The van der Waals surface area contributed by atoms with Crippen molar-refractivity contribution in [3.8, 4) is 11.3 Å². The summed E-state index contributed by atoms with van der Waals surface area (Å²) in [6.45, 7) is 3.26. The predicted molar refractivity (Wildman–Crippen MR) is 68.8 cm³/mol. The summed E-state index contributed by atoms with van der Waals surface area (Å²) in [5.41, 5.74) is 0.483. The molecular formula is C13H14FN3O3. The first-order valence-corrected chi connectivity index (χ1v) is 6.04. The van der Waals surface area contributed by atoms with Gasteiger partial charge in [-0.05, 0) is 38.1 Å². The highest BCUT2D eigenvalue weighted by Gasteiger charge is 2.25. The van der Waals surface area contributed by atoms with Crippen LogP contribution in [0, 0.1) is 5.82 Å². The normalized spacial score (nSPS) is 14.0. The molecule has 1 aromatic carbocycles. The molecule has 0 radical (unpaired) electrons.